The van der Waals surface area contributed by atoms with E-state index in [-0.39, 0.29) is 17.4 Å². The molecule has 0 fully saturated rings. The summed E-state index contributed by atoms with van der Waals surface area (Å²) in [4.78, 5) is 2.55. The van der Waals surface area contributed by atoms with Crippen LogP contribution < -0.4 is 5.73 Å². The van der Waals surface area contributed by atoms with E-state index in [1.807, 2.05) is 13.8 Å². The molecular formula is C10H22N2O2S2. The van der Waals surface area contributed by atoms with Crippen molar-refractivity contribution >= 4 is 27.0 Å². The van der Waals surface area contributed by atoms with Crippen LogP contribution in [-0.2, 0) is 9.84 Å². The van der Waals surface area contributed by atoms with Gasteiger partial charge in [0.1, 0.15) is 0 Å². The molecule has 0 rings (SSSR count). The number of thiocarbonyl (C=S) groups is 1. The molecule has 0 radical (unpaired) electrons. The lowest BCUT2D eigenvalue weighted by atomic mass is 10.1. The van der Waals surface area contributed by atoms with Gasteiger partial charge in [-0.1, -0.05) is 33.0 Å². The van der Waals surface area contributed by atoms with Crippen LogP contribution in [0, 0.1) is 5.92 Å². The summed E-state index contributed by atoms with van der Waals surface area (Å²) in [5.41, 5.74) is 5.53. The highest BCUT2D eigenvalue weighted by Crippen LogP contribution is 2.01. The third-order valence-corrected chi connectivity index (χ3v) is 4.71. The van der Waals surface area contributed by atoms with Gasteiger partial charge in [-0.05, 0) is 6.54 Å². The Bertz CT molecular complexity index is 315. The number of rotatable bonds is 8. The topological polar surface area (TPSA) is 63.4 Å². The molecule has 6 heteroatoms. The molecule has 1 unspecified atom stereocenters. The van der Waals surface area contributed by atoms with Crippen LogP contribution in [0.2, 0.25) is 0 Å². The lowest BCUT2D eigenvalue weighted by Crippen LogP contribution is -2.36. The van der Waals surface area contributed by atoms with Gasteiger partial charge >= 0.3 is 0 Å². The van der Waals surface area contributed by atoms with Gasteiger partial charge in [0.05, 0.1) is 10.7 Å². The number of hydrogen-bond acceptors (Lipinski definition) is 4. The number of sulfone groups is 1. The molecule has 0 aromatic carbocycles. The summed E-state index contributed by atoms with van der Waals surface area (Å²) in [5.74, 6) is 0.538. The largest absolute Gasteiger partial charge is 0.393 e. The monoisotopic (exact) mass is 266 g/mol. The highest BCUT2D eigenvalue weighted by atomic mass is 32.2. The van der Waals surface area contributed by atoms with Crippen LogP contribution in [0.25, 0.3) is 0 Å². The van der Waals surface area contributed by atoms with Crippen LogP contribution >= 0.6 is 12.2 Å². The summed E-state index contributed by atoms with van der Waals surface area (Å²) >= 11 is 4.90. The fourth-order valence-electron chi connectivity index (χ4n) is 1.27. The van der Waals surface area contributed by atoms with Crippen molar-refractivity contribution in [2.45, 2.75) is 20.8 Å². The summed E-state index contributed by atoms with van der Waals surface area (Å²) in [6, 6.07) is 0. The number of nitrogens with two attached hydrogens (primary N) is 1. The zero-order chi connectivity index (χ0) is 12.8. The van der Waals surface area contributed by atoms with E-state index in [1.165, 1.54) is 0 Å². The van der Waals surface area contributed by atoms with Gasteiger partial charge in [0.2, 0.25) is 0 Å². The van der Waals surface area contributed by atoms with Crippen LogP contribution in [0.4, 0.5) is 0 Å². The Kier molecular flexibility index (Phi) is 7.10. The first-order valence-corrected chi connectivity index (χ1v) is 7.77. The second-order valence-electron chi connectivity index (χ2n) is 3.93. The van der Waals surface area contributed by atoms with Crippen LogP contribution in [-0.4, -0.2) is 49.4 Å². The first kappa shape index (κ1) is 15.8. The predicted octanol–water partition coefficient (Wildman–Crippen LogP) is 0.665. The Morgan fingerprint density at radius 1 is 1.44 bits per heavy atom. The Morgan fingerprint density at radius 3 is 2.38 bits per heavy atom. The molecule has 0 saturated carbocycles. The zero-order valence-electron chi connectivity index (χ0n) is 10.3. The smallest absolute Gasteiger partial charge is 0.151 e. The molecule has 0 amide bonds. The minimum absolute atomic E-state index is 0.124. The molecule has 0 aromatic heterocycles. The second-order valence-corrected chi connectivity index (χ2v) is 6.88. The normalized spacial score (nSPS) is 14.0. The molecule has 0 aliphatic rings. The van der Waals surface area contributed by atoms with E-state index >= 15 is 0 Å². The van der Waals surface area contributed by atoms with Crippen molar-refractivity contribution in [1.82, 2.24) is 4.90 Å². The van der Waals surface area contributed by atoms with Gasteiger partial charge in [-0.15, -0.1) is 0 Å². The van der Waals surface area contributed by atoms with Gasteiger partial charge in [-0.2, -0.15) is 0 Å². The molecule has 16 heavy (non-hydrogen) atoms. The molecule has 4 nitrogen and oxygen atoms in total. The van der Waals surface area contributed by atoms with Gasteiger partial charge in [0.15, 0.2) is 9.84 Å². The molecule has 0 aliphatic heterocycles. The Morgan fingerprint density at radius 2 is 2.00 bits per heavy atom. The summed E-state index contributed by atoms with van der Waals surface area (Å²) in [5, 5.41) is 0. The third kappa shape index (κ3) is 6.40. The van der Waals surface area contributed by atoms with Gasteiger partial charge in [-0.3, -0.25) is 0 Å². The van der Waals surface area contributed by atoms with E-state index in [0.29, 0.717) is 11.5 Å². The van der Waals surface area contributed by atoms with Gasteiger partial charge < -0.3 is 10.6 Å². The summed E-state index contributed by atoms with van der Waals surface area (Å²) < 4.78 is 22.7. The first-order valence-electron chi connectivity index (χ1n) is 5.54. The van der Waals surface area contributed by atoms with Crippen LogP contribution in [0.5, 0.6) is 0 Å². The predicted molar refractivity (Wildman–Crippen MR) is 72.4 cm³/mol. The molecule has 0 heterocycles. The summed E-state index contributed by atoms with van der Waals surface area (Å²) in [6.07, 6.45) is 0. The maximum atomic E-state index is 11.4. The minimum atomic E-state index is -2.89. The van der Waals surface area contributed by atoms with E-state index < -0.39 is 9.84 Å². The molecular weight excluding hydrogens is 244 g/mol. The van der Waals surface area contributed by atoms with Crippen LogP contribution in [0.3, 0.4) is 0 Å². The Labute approximate surface area is 104 Å². The Balaban J connectivity index is 4.17. The summed E-state index contributed by atoms with van der Waals surface area (Å²) in [7, 11) is -2.89. The van der Waals surface area contributed by atoms with Gasteiger partial charge in [-0.25, -0.2) is 8.42 Å². The SMILES string of the molecule is CCN(CCS(=O)(=O)CC)CC(C)C(N)=S. The van der Waals surface area contributed by atoms with Crippen molar-refractivity contribution in [3.05, 3.63) is 0 Å². The average Bonchev–Trinajstić information content (AvgIpc) is 2.23. The fourth-order valence-corrected chi connectivity index (χ4v) is 2.17. The van der Waals surface area contributed by atoms with Crippen molar-refractivity contribution in [3.8, 4) is 0 Å². The fraction of sp³-hybridized carbons (Fsp3) is 0.900. The van der Waals surface area contributed by atoms with Crippen molar-refractivity contribution in [2.75, 3.05) is 31.1 Å². The highest BCUT2D eigenvalue weighted by molar-refractivity contribution is 7.91. The van der Waals surface area contributed by atoms with Crippen molar-refractivity contribution < 1.29 is 8.42 Å². The molecule has 2 N–H and O–H groups in total. The number of hydrogen-bond donors (Lipinski definition) is 1. The van der Waals surface area contributed by atoms with Crippen LogP contribution in [0.15, 0.2) is 0 Å². The maximum Gasteiger partial charge on any atom is 0.151 e. The molecule has 96 valence electrons. The van der Waals surface area contributed by atoms with Gasteiger partial charge in [0, 0.05) is 24.8 Å². The van der Waals surface area contributed by atoms with E-state index in [0.717, 1.165) is 13.1 Å². The molecule has 0 bridgehead atoms. The Hall–Kier alpha value is -0.200. The first-order chi connectivity index (χ1) is 7.32. The minimum Gasteiger partial charge on any atom is -0.393 e. The zero-order valence-corrected chi connectivity index (χ0v) is 11.9. The van der Waals surface area contributed by atoms with Crippen molar-refractivity contribution in [3.63, 3.8) is 0 Å². The van der Waals surface area contributed by atoms with Crippen molar-refractivity contribution in [2.24, 2.45) is 11.7 Å². The third-order valence-electron chi connectivity index (χ3n) is 2.62. The second kappa shape index (κ2) is 7.19. The van der Waals surface area contributed by atoms with Crippen LogP contribution in [0.1, 0.15) is 20.8 Å². The molecule has 0 aliphatic carbocycles. The molecule has 1 atom stereocenters. The molecule has 0 spiro atoms. The van der Waals surface area contributed by atoms with Gasteiger partial charge in [0.25, 0.3) is 0 Å². The number of nitrogens with zero attached hydrogens (tertiary/aromatic N) is 1. The quantitative estimate of drug-likeness (QED) is 0.654. The van der Waals surface area contributed by atoms with E-state index in [9.17, 15) is 8.42 Å². The van der Waals surface area contributed by atoms with Crippen molar-refractivity contribution in [1.29, 1.82) is 0 Å². The summed E-state index contributed by atoms with van der Waals surface area (Å²) in [6.45, 7) is 7.73. The standard InChI is InChI=1S/C10H22N2O2S2/c1-4-12(8-9(3)10(11)15)6-7-16(13,14)5-2/h9H,4-8H2,1-3H3,(H2,11,15). The van der Waals surface area contributed by atoms with E-state index in [2.05, 4.69) is 4.90 Å². The lowest BCUT2D eigenvalue weighted by Gasteiger charge is -2.23. The average molecular weight is 266 g/mol. The molecule has 0 saturated heterocycles. The van der Waals surface area contributed by atoms with E-state index in [1.54, 1.807) is 6.92 Å². The highest BCUT2D eigenvalue weighted by Gasteiger charge is 2.14. The lowest BCUT2D eigenvalue weighted by molar-refractivity contribution is 0.287. The van der Waals surface area contributed by atoms with E-state index in [4.69, 9.17) is 18.0 Å². The molecule has 0 aromatic rings. The maximum absolute atomic E-state index is 11.4.